The molecule has 1 atom stereocenters. The summed E-state index contributed by atoms with van der Waals surface area (Å²) in [6.45, 7) is 0. The van der Waals surface area contributed by atoms with E-state index in [2.05, 4.69) is 10.1 Å². The van der Waals surface area contributed by atoms with Crippen molar-refractivity contribution < 1.29 is 8.81 Å². The lowest BCUT2D eigenvalue weighted by Gasteiger charge is -2.18. The summed E-state index contributed by atoms with van der Waals surface area (Å²) in [6.07, 6.45) is 4.11. The molecule has 0 aliphatic carbocycles. The van der Waals surface area contributed by atoms with Gasteiger partial charge in [-0.2, -0.15) is 5.10 Å². The van der Waals surface area contributed by atoms with Crippen molar-refractivity contribution >= 4 is 22.2 Å². The van der Waals surface area contributed by atoms with Crippen LogP contribution in [0, 0.1) is 5.82 Å². The average molecular weight is 313 g/mol. The summed E-state index contributed by atoms with van der Waals surface area (Å²) in [7, 11) is 0. The normalized spacial score (nSPS) is 17.8. The minimum absolute atomic E-state index is 0.0267. The number of anilines is 1. The van der Waals surface area contributed by atoms with Gasteiger partial charge in [-0.25, -0.2) is 14.4 Å². The SMILES string of the molecule is Fc1ccc(C2=NN(c3nccs3)C(c3ccco3)C2)cc1. The van der Waals surface area contributed by atoms with E-state index in [1.165, 1.54) is 23.5 Å². The zero-order valence-corrected chi connectivity index (χ0v) is 12.3. The van der Waals surface area contributed by atoms with E-state index in [-0.39, 0.29) is 11.9 Å². The summed E-state index contributed by atoms with van der Waals surface area (Å²) in [5, 5.41) is 9.30. The van der Waals surface area contributed by atoms with Crippen molar-refractivity contribution in [2.45, 2.75) is 12.5 Å². The topological polar surface area (TPSA) is 41.6 Å². The van der Waals surface area contributed by atoms with Crippen molar-refractivity contribution in [1.29, 1.82) is 0 Å². The summed E-state index contributed by atoms with van der Waals surface area (Å²) in [5.74, 6) is 0.595. The van der Waals surface area contributed by atoms with Gasteiger partial charge in [0.2, 0.25) is 5.13 Å². The minimum Gasteiger partial charge on any atom is -0.467 e. The number of aromatic nitrogens is 1. The van der Waals surface area contributed by atoms with Crippen LogP contribution < -0.4 is 5.01 Å². The maximum Gasteiger partial charge on any atom is 0.206 e. The van der Waals surface area contributed by atoms with Gasteiger partial charge in [0.1, 0.15) is 17.6 Å². The van der Waals surface area contributed by atoms with Crippen LogP contribution in [0.2, 0.25) is 0 Å². The Labute approximate surface area is 130 Å². The van der Waals surface area contributed by atoms with Gasteiger partial charge in [0.05, 0.1) is 12.0 Å². The fraction of sp³-hybridized carbons (Fsp3) is 0.125. The molecule has 0 saturated heterocycles. The summed E-state index contributed by atoms with van der Waals surface area (Å²) < 4.78 is 18.7. The molecule has 0 radical (unpaired) electrons. The van der Waals surface area contributed by atoms with Crippen LogP contribution in [0.1, 0.15) is 23.8 Å². The van der Waals surface area contributed by atoms with Crippen LogP contribution in [0.25, 0.3) is 0 Å². The maximum atomic E-state index is 13.1. The Balaban J connectivity index is 1.72. The molecule has 0 spiro atoms. The van der Waals surface area contributed by atoms with E-state index >= 15 is 0 Å². The molecule has 0 saturated carbocycles. The number of thiazole rings is 1. The highest BCUT2D eigenvalue weighted by Gasteiger charge is 2.33. The molecule has 0 bridgehead atoms. The van der Waals surface area contributed by atoms with E-state index < -0.39 is 0 Å². The number of hydrogen-bond acceptors (Lipinski definition) is 5. The molecule has 4 nitrogen and oxygen atoms in total. The third-order valence-electron chi connectivity index (χ3n) is 3.57. The van der Waals surface area contributed by atoms with Gasteiger partial charge in [-0.15, -0.1) is 11.3 Å². The van der Waals surface area contributed by atoms with E-state index in [0.29, 0.717) is 6.42 Å². The average Bonchev–Trinajstić information content (AvgIpc) is 3.27. The molecule has 3 aromatic rings. The molecule has 0 N–H and O–H groups in total. The van der Waals surface area contributed by atoms with Gasteiger partial charge in [0.25, 0.3) is 0 Å². The summed E-state index contributed by atoms with van der Waals surface area (Å²) in [6, 6.07) is 10.2. The lowest BCUT2D eigenvalue weighted by molar-refractivity contribution is 0.465. The van der Waals surface area contributed by atoms with Gasteiger partial charge < -0.3 is 4.42 Å². The lowest BCUT2D eigenvalue weighted by Crippen LogP contribution is -2.17. The van der Waals surface area contributed by atoms with E-state index in [4.69, 9.17) is 4.42 Å². The molecule has 0 fully saturated rings. The molecule has 4 rings (SSSR count). The Bertz CT molecular complexity index is 781. The molecular weight excluding hydrogens is 301 g/mol. The number of hydrogen-bond donors (Lipinski definition) is 0. The van der Waals surface area contributed by atoms with Crippen molar-refractivity contribution in [2.75, 3.05) is 5.01 Å². The first kappa shape index (κ1) is 13.2. The van der Waals surface area contributed by atoms with Crippen LogP contribution >= 0.6 is 11.3 Å². The fourth-order valence-electron chi connectivity index (χ4n) is 2.54. The minimum atomic E-state index is -0.248. The van der Waals surface area contributed by atoms with E-state index in [1.807, 2.05) is 22.5 Å². The van der Waals surface area contributed by atoms with Crippen LogP contribution in [-0.4, -0.2) is 10.7 Å². The first-order valence-corrected chi connectivity index (χ1v) is 7.75. The Morgan fingerprint density at radius 3 is 2.77 bits per heavy atom. The second-order valence-corrected chi connectivity index (χ2v) is 5.82. The molecule has 1 unspecified atom stereocenters. The molecule has 1 aromatic carbocycles. The van der Waals surface area contributed by atoms with Crippen LogP contribution in [-0.2, 0) is 0 Å². The molecule has 1 aliphatic rings. The Kier molecular flexibility index (Phi) is 3.23. The van der Waals surface area contributed by atoms with Gasteiger partial charge in [-0.05, 0) is 29.8 Å². The molecule has 22 heavy (non-hydrogen) atoms. The monoisotopic (exact) mass is 313 g/mol. The second kappa shape index (κ2) is 5.38. The van der Waals surface area contributed by atoms with E-state index in [9.17, 15) is 4.39 Å². The predicted molar refractivity (Wildman–Crippen MR) is 83.6 cm³/mol. The van der Waals surface area contributed by atoms with Crippen LogP contribution in [0.15, 0.2) is 63.8 Å². The Morgan fingerprint density at radius 1 is 1.23 bits per heavy atom. The van der Waals surface area contributed by atoms with Crippen molar-refractivity contribution in [3.05, 3.63) is 71.4 Å². The quantitative estimate of drug-likeness (QED) is 0.726. The van der Waals surface area contributed by atoms with E-state index in [1.54, 1.807) is 24.6 Å². The van der Waals surface area contributed by atoms with Crippen LogP contribution in [0.5, 0.6) is 0 Å². The molecule has 110 valence electrons. The number of furan rings is 1. The Morgan fingerprint density at radius 2 is 2.09 bits per heavy atom. The highest BCUT2D eigenvalue weighted by atomic mass is 32.1. The number of benzene rings is 1. The van der Waals surface area contributed by atoms with Crippen molar-refractivity contribution in [3.63, 3.8) is 0 Å². The van der Waals surface area contributed by atoms with Crippen molar-refractivity contribution in [2.24, 2.45) is 5.10 Å². The Hall–Kier alpha value is -2.47. The standard InChI is InChI=1S/C16H12FN3OS/c17-12-5-3-11(4-6-12)13-10-14(15-2-1-8-21-15)20(19-13)16-18-7-9-22-16/h1-9,14H,10H2. The maximum absolute atomic E-state index is 13.1. The molecule has 2 aromatic heterocycles. The van der Waals surface area contributed by atoms with Crippen molar-refractivity contribution in [1.82, 2.24) is 4.98 Å². The fourth-order valence-corrected chi connectivity index (χ4v) is 3.18. The van der Waals surface area contributed by atoms with Gasteiger partial charge in [-0.1, -0.05) is 12.1 Å². The van der Waals surface area contributed by atoms with E-state index in [0.717, 1.165) is 22.2 Å². The predicted octanol–water partition coefficient (Wildman–Crippen LogP) is 4.23. The highest BCUT2D eigenvalue weighted by Crippen LogP contribution is 2.37. The van der Waals surface area contributed by atoms with Crippen molar-refractivity contribution in [3.8, 4) is 0 Å². The number of halogens is 1. The molecular formula is C16H12FN3OS. The van der Waals surface area contributed by atoms with Gasteiger partial charge >= 0.3 is 0 Å². The molecule has 3 heterocycles. The molecule has 1 aliphatic heterocycles. The lowest BCUT2D eigenvalue weighted by atomic mass is 10.0. The first-order chi connectivity index (χ1) is 10.8. The zero-order valence-electron chi connectivity index (χ0n) is 11.5. The largest absolute Gasteiger partial charge is 0.467 e. The number of rotatable bonds is 3. The van der Waals surface area contributed by atoms with Gasteiger partial charge in [-0.3, -0.25) is 0 Å². The third kappa shape index (κ3) is 2.31. The highest BCUT2D eigenvalue weighted by molar-refractivity contribution is 7.13. The van der Waals surface area contributed by atoms with Gasteiger partial charge in [0.15, 0.2) is 0 Å². The summed E-state index contributed by atoms with van der Waals surface area (Å²) >= 11 is 1.53. The number of nitrogens with zero attached hydrogens (tertiary/aromatic N) is 3. The van der Waals surface area contributed by atoms with Crippen LogP contribution in [0.3, 0.4) is 0 Å². The summed E-state index contributed by atoms with van der Waals surface area (Å²) in [4.78, 5) is 4.34. The smallest absolute Gasteiger partial charge is 0.206 e. The number of hydrazone groups is 1. The molecule has 0 amide bonds. The molecule has 6 heteroatoms. The van der Waals surface area contributed by atoms with Gasteiger partial charge in [0, 0.05) is 18.0 Å². The zero-order chi connectivity index (χ0) is 14.9. The summed E-state index contributed by atoms with van der Waals surface area (Å²) in [5.41, 5.74) is 1.81. The third-order valence-corrected chi connectivity index (χ3v) is 4.34. The van der Waals surface area contributed by atoms with Crippen LogP contribution in [0.4, 0.5) is 9.52 Å². The first-order valence-electron chi connectivity index (χ1n) is 6.87. The second-order valence-electron chi connectivity index (χ2n) is 4.95.